The van der Waals surface area contributed by atoms with Gasteiger partial charge in [-0.25, -0.2) is 4.98 Å². The molecular weight excluding hydrogens is 606 g/mol. The fraction of sp³-hybridized carbons (Fsp3) is 0.459. The van der Waals surface area contributed by atoms with Gasteiger partial charge in [0.25, 0.3) is 5.91 Å². The maximum Gasteiger partial charge on any atom is 0.303 e. The van der Waals surface area contributed by atoms with Crippen LogP contribution in [0.15, 0.2) is 73.2 Å². The number of anilines is 1. The summed E-state index contributed by atoms with van der Waals surface area (Å²) >= 11 is 0. The summed E-state index contributed by atoms with van der Waals surface area (Å²) in [5.41, 5.74) is 10.4. The van der Waals surface area contributed by atoms with Crippen molar-refractivity contribution in [1.29, 1.82) is 0 Å². The molecule has 11 heteroatoms. The molecule has 1 amide bonds. The van der Waals surface area contributed by atoms with Crippen LogP contribution in [0, 0.1) is 5.41 Å². The third-order valence-corrected chi connectivity index (χ3v) is 9.88. The molecule has 2 aromatic heterocycles. The predicted molar refractivity (Wildman–Crippen MR) is 186 cm³/mol. The van der Waals surface area contributed by atoms with Crippen LogP contribution in [0.2, 0.25) is 0 Å². The number of nitrogens with two attached hydrogens (primary N) is 1. The summed E-state index contributed by atoms with van der Waals surface area (Å²) in [6, 6.07) is 12.1. The number of aromatic nitrogens is 3. The molecule has 3 aliphatic rings. The zero-order valence-corrected chi connectivity index (χ0v) is 27.8. The molecule has 4 N–H and O–H groups in total. The van der Waals surface area contributed by atoms with E-state index < -0.39 is 5.97 Å². The van der Waals surface area contributed by atoms with E-state index in [4.69, 9.17) is 15.6 Å². The summed E-state index contributed by atoms with van der Waals surface area (Å²) in [6.45, 7) is 5.99. The van der Waals surface area contributed by atoms with Crippen molar-refractivity contribution >= 4 is 23.3 Å². The molecule has 1 aliphatic heterocycles. The maximum atomic E-state index is 13.5. The lowest BCUT2D eigenvalue weighted by Crippen LogP contribution is -2.51. The minimum absolute atomic E-state index is 0.0968. The highest BCUT2D eigenvalue weighted by Gasteiger charge is 2.36. The number of piperazine rings is 1. The van der Waals surface area contributed by atoms with Gasteiger partial charge >= 0.3 is 5.97 Å². The quantitative estimate of drug-likeness (QED) is 0.247. The van der Waals surface area contributed by atoms with Gasteiger partial charge in [-0.3, -0.25) is 19.2 Å². The first kappa shape index (κ1) is 33.6. The monoisotopic (exact) mass is 653 g/mol. The van der Waals surface area contributed by atoms with E-state index in [1.165, 1.54) is 11.1 Å². The van der Waals surface area contributed by atoms with Crippen LogP contribution in [0.25, 0.3) is 16.7 Å². The molecule has 3 heterocycles. The minimum Gasteiger partial charge on any atom is -0.481 e. The van der Waals surface area contributed by atoms with Gasteiger partial charge in [0.2, 0.25) is 0 Å². The van der Waals surface area contributed by atoms with Crippen molar-refractivity contribution in [3.63, 3.8) is 0 Å². The van der Waals surface area contributed by atoms with Crippen LogP contribution >= 0.6 is 0 Å². The van der Waals surface area contributed by atoms with Crippen LogP contribution in [-0.2, 0) is 16.6 Å². The number of aryl methyl sites for hydroxylation is 1. The number of carbonyl (C=O) groups is 2. The molecule has 3 atom stereocenters. The average Bonchev–Trinajstić information content (AvgIpc) is 3.74. The molecule has 2 fully saturated rings. The van der Waals surface area contributed by atoms with E-state index in [0.717, 1.165) is 76.1 Å². The lowest BCUT2D eigenvalue weighted by atomic mass is 9.79. The minimum atomic E-state index is -0.733. The number of hydrogen-bond donors (Lipinski definition) is 3. The second-order valence-electron chi connectivity index (χ2n) is 13.5. The van der Waals surface area contributed by atoms with Gasteiger partial charge < -0.3 is 25.8 Å². The zero-order chi connectivity index (χ0) is 33.5. The molecule has 1 saturated carbocycles. The summed E-state index contributed by atoms with van der Waals surface area (Å²) in [4.78, 5) is 33.7. The largest absolute Gasteiger partial charge is 0.481 e. The molecule has 1 aromatic carbocycles. The first-order valence-corrected chi connectivity index (χ1v) is 17.1. The first-order valence-electron chi connectivity index (χ1n) is 17.1. The Balaban J connectivity index is 1.11. The second-order valence-corrected chi connectivity index (χ2v) is 13.5. The van der Waals surface area contributed by atoms with Crippen molar-refractivity contribution in [2.75, 3.05) is 51.6 Å². The Bertz CT molecular complexity index is 1630. The zero-order valence-electron chi connectivity index (χ0n) is 27.8. The van der Waals surface area contributed by atoms with Gasteiger partial charge in [-0.2, -0.15) is 5.10 Å². The van der Waals surface area contributed by atoms with Crippen LogP contribution in [0.4, 0.5) is 5.82 Å². The van der Waals surface area contributed by atoms with Gasteiger partial charge in [0, 0.05) is 75.1 Å². The number of carboxylic acids is 1. The van der Waals surface area contributed by atoms with Gasteiger partial charge in [-0.1, -0.05) is 48.6 Å². The topological polar surface area (TPSA) is 139 Å². The lowest BCUT2D eigenvalue weighted by molar-refractivity contribution is -0.137. The number of carbonyl (C=O) groups excluding carboxylic acids is 1. The Morgan fingerprint density at radius 2 is 1.85 bits per heavy atom. The molecular formula is C37H47N7O4. The van der Waals surface area contributed by atoms with Gasteiger partial charge in [0.15, 0.2) is 0 Å². The molecule has 0 spiro atoms. The second kappa shape index (κ2) is 15.3. The molecule has 1 unspecified atom stereocenters. The number of ether oxygens (including phenoxy) is 1. The van der Waals surface area contributed by atoms with Crippen molar-refractivity contribution in [3.05, 3.63) is 84.3 Å². The molecule has 2 aliphatic carbocycles. The highest BCUT2D eigenvalue weighted by Crippen LogP contribution is 2.36. The van der Waals surface area contributed by atoms with Gasteiger partial charge in [-0.05, 0) is 55.9 Å². The van der Waals surface area contributed by atoms with E-state index in [-0.39, 0.29) is 35.7 Å². The fourth-order valence-corrected chi connectivity index (χ4v) is 7.10. The molecule has 3 aromatic rings. The van der Waals surface area contributed by atoms with E-state index in [9.17, 15) is 9.59 Å². The molecule has 48 heavy (non-hydrogen) atoms. The molecule has 0 bridgehead atoms. The molecule has 11 nitrogen and oxygen atoms in total. The normalized spacial score (nSPS) is 23.2. The van der Waals surface area contributed by atoms with E-state index >= 15 is 0 Å². The number of nitrogens with zero attached hydrogens (tertiary/aromatic N) is 5. The number of nitrogen functional groups attached to an aromatic ring is 1. The summed E-state index contributed by atoms with van der Waals surface area (Å²) in [7, 11) is 1.85. The van der Waals surface area contributed by atoms with Crippen molar-refractivity contribution in [3.8, 4) is 11.1 Å². The van der Waals surface area contributed by atoms with Crippen molar-refractivity contribution in [2.45, 2.75) is 50.7 Å². The van der Waals surface area contributed by atoms with E-state index in [1.807, 2.05) is 19.3 Å². The third-order valence-electron chi connectivity index (χ3n) is 9.88. The summed E-state index contributed by atoms with van der Waals surface area (Å²) < 4.78 is 8.47. The van der Waals surface area contributed by atoms with E-state index in [1.54, 1.807) is 23.1 Å². The van der Waals surface area contributed by atoms with Crippen LogP contribution < -0.4 is 11.1 Å². The predicted octanol–water partition coefficient (Wildman–Crippen LogP) is 4.24. The van der Waals surface area contributed by atoms with Gasteiger partial charge in [0.1, 0.15) is 5.82 Å². The van der Waals surface area contributed by atoms with Crippen molar-refractivity contribution in [1.82, 2.24) is 29.9 Å². The summed E-state index contributed by atoms with van der Waals surface area (Å²) in [5.74, 6) is -0.775. The number of pyridine rings is 1. The van der Waals surface area contributed by atoms with Crippen LogP contribution in [0.3, 0.4) is 0 Å². The number of carboxylic acid groups (broad SMARTS) is 1. The van der Waals surface area contributed by atoms with Gasteiger partial charge in [-0.15, -0.1) is 0 Å². The summed E-state index contributed by atoms with van der Waals surface area (Å²) in [6.07, 6.45) is 16.6. The molecule has 1 saturated heterocycles. The number of nitrogens with one attached hydrogen (secondary N) is 1. The molecule has 0 radical (unpaired) electrons. The number of rotatable bonds is 13. The SMILES string of the molecule is Cn1cc(-c2cnc(N)c(C(=O)N[C@H]3CCC[C@@H]3OCC3(CN4CCN(CCCC(=O)O)CC4)C=CC(c4ccccc4)=CC3)c2)cn1. The highest BCUT2D eigenvalue weighted by atomic mass is 16.5. The number of benzene rings is 1. The van der Waals surface area contributed by atoms with Crippen LogP contribution in [0.1, 0.15) is 54.4 Å². The highest BCUT2D eigenvalue weighted by molar-refractivity contribution is 5.99. The number of aliphatic carboxylic acids is 1. The number of hydrogen-bond acceptors (Lipinski definition) is 8. The Morgan fingerprint density at radius 1 is 1.06 bits per heavy atom. The van der Waals surface area contributed by atoms with E-state index in [2.05, 4.69) is 67.7 Å². The van der Waals surface area contributed by atoms with Crippen molar-refractivity contribution < 1.29 is 19.4 Å². The summed E-state index contributed by atoms with van der Waals surface area (Å²) in [5, 5.41) is 16.5. The van der Waals surface area contributed by atoms with Crippen LogP contribution in [-0.4, -0.2) is 99.6 Å². The van der Waals surface area contributed by atoms with Crippen LogP contribution in [0.5, 0.6) is 0 Å². The number of amides is 1. The Kier molecular flexibility index (Phi) is 10.7. The Labute approximate surface area is 282 Å². The first-order chi connectivity index (χ1) is 23.3. The molecule has 254 valence electrons. The fourth-order valence-electron chi connectivity index (χ4n) is 7.10. The van der Waals surface area contributed by atoms with Crippen molar-refractivity contribution in [2.24, 2.45) is 12.5 Å². The Morgan fingerprint density at radius 3 is 2.56 bits per heavy atom. The average molecular weight is 654 g/mol. The van der Waals surface area contributed by atoms with Gasteiger partial charge in [0.05, 0.1) is 30.5 Å². The van der Waals surface area contributed by atoms with E-state index in [0.29, 0.717) is 18.6 Å². The Hall–Kier alpha value is -4.32. The smallest absolute Gasteiger partial charge is 0.303 e. The lowest BCUT2D eigenvalue weighted by Gasteiger charge is -2.42. The third kappa shape index (κ3) is 8.39. The number of allylic oxidation sites excluding steroid dienone is 3. The standard InChI is InChI=1S/C37H47N7O4/c1-42-24-30(23-40-42)29-21-31(35(38)39-22-29)36(47)41-32-9-5-10-33(32)48-26-37(14-12-28(13-15-37)27-7-3-2-4-8-27)25-44-19-17-43(18-20-44)16-6-11-34(45)46/h2-4,7-8,12-14,21-24,32-33H,5-6,9-11,15-20,25-26H2,1H3,(H2,38,39)(H,41,47)(H,45,46)/t32-,33-,37?/m0/s1. The molecule has 6 rings (SSSR count). The maximum absolute atomic E-state index is 13.5.